The number of aliphatic hydroxyl groups excluding tert-OH is 2. The van der Waals surface area contributed by atoms with Crippen LogP contribution in [0.1, 0.15) is 67.7 Å². The van der Waals surface area contributed by atoms with Crippen LogP contribution in [0.25, 0.3) is 5.70 Å². The topological polar surface area (TPSA) is 147 Å². The molecular weight excluding hydrogens is 492 g/mol. The lowest BCUT2D eigenvalue weighted by molar-refractivity contribution is 0.0798. The summed E-state index contributed by atoms with van der Waals surface area (Å²) in [6.07, 6.45) is 13.1. The summed E-state index contributed by atoms with van der Waals surface area (Å²) in [4.78, 5) is 20.7. The lowest BCUT2D eigenvalue weighted by Gasteiger charge is -2.25. The third-order valence-corrected chi connectivity index (χ3v) is 5.22. The largest absolute Gasteiger partial charge is 0.401 e. The summed E-state index contributed by atoms with van der Waals surface area (Å²) >= 11 is 0. The molecule has 0 fully saturated rings. The molecule has 1 aliphatic carbocycles. The molecule has 1 amide bonds. The predicted molar refractivity (Wildman–Crippen MR) is 144 cm³/mol. The van der Waals surface area contributed by atoms with Crippen LogP contribution in [-0.4, -0.2) is 45.3 Å². The molecule has 0 aliphatic heterocycles. The monoisotopic (exact) mass is 529 g/mol. The highest BCUT2D eigenvalue weighted by molar-refractivity contribution is 5.92. The van der Waals surface area contributed by atoms with Gasteiger partial charge < -0.3 is 27.0 Å². The van der Waals surface area contributed by atoms with Gasteiger partial charge >= 0.3 is 0 Å². The van der Waals surface area contributed by atoms with E-state index >= 15 is 0 Å². The van der Waals surface area contributed by atoms with Gasteiger partial charge in [0.25, 0.3) is 5.91 Å². The van der Waals surface area contributed by atoms with Crippen molar-refractivity contribution in [3.05, 3.63) is 76.5 Å². The van der Waals surface area contributed by atoms with Crippen LogP contribution < -0.4 is 16.8 Å². The molecule has 0 bridgehead atoms. The quantitative estimate of drug-likeness (QED) is 0.346. The Morgan fingerprint density at radius 1 is 1.24 bits per heavy atom. The molecule has 2 aromatic rings. The van der Waals surface area contributed by atoms with Crippen LogP contribution in [0.15, 0.2) is 47.9 Å². The molecule has 1 aromatic carbocycles. The van der Waals surface area contributed by atoms with Crippen molar-refractivity contribution in [1.82, 2.24) is 15.3 Å². The van der Waals surface area contributed by atoms with Gasteiger partial charge in [0.05, 0.1) is 30.2 Å². The predicted octanol–water partition coefficient (Wildman–Crippen LogP) is 3.23. The number of aromatic nitrogens is 2. The van der Waals surface area contributed by atoms with E-state index in [1.165, 1.54) is 24.5 Å². The average molecular weight is 530 g/mol. The molecule has 7 N–H and O–H groups in total. The number of benzene rings is 1. The van der Waals surface area contributed by atoms with Crippen molar-refractivity contribution in [3.63, 3.8) is 0 Å². The van der Waals surface area contributed by atoms with Crippen molar-refractivity contribution in [3.8, 4) is 12.8 Å². The number of nitrogens with one attached hydrogen (secondary N) is 1. The number of carbonyl (C=O) groups is 1. The van der Waals surface area contributed by atoms with E-state index in [1.54, 1.807) is 0 Å². The fourth-order valence-corrected chi connectivity index (χ4v) is 3.54. The highest BCUT2D eigenvalue weighted by atomic mass is 19.1. The summed E-state index contributed by atoms with van der Waals surface area (Å²) in [5.41, 5.74) is 13.6. The van der Waals surface area contributed by atoms with E-state index in [0.717, 1.165) is 24.5 Å². The van der Waals surface area contributed by atoms with Crippen LogP contribution in [0, 0.1) is 30.4 Å². The maximum absolute atomic E-state index is 14.1. The molecule has 0 radical (unpaired) electrons. The first kappa shape index (κ1) is 32.2. The lowest BCUT2D eigenvalue weighted by atomic mass is 9.84. The van der Waals surface area contributed by atoms with Crippen LogP contribution >= 0.6 is 0 Å². The fraction of sp³-hybridized carbons (Fsp3) is 0.393. The third kappa shape index (κ3) is 9.57. The summed E-state index contributed by atoms with van der Waals surface area (Å²) < 4.78 is 28.1. The molecule has 8 nitrogen and oxygen atoms in total. The fourth-order valence-electron chi connectivity index (χ4n) is 3.54. The van der Waals surface area contributed by atoms with E-state index in [0.29, 0.717) is 29.8 Å². The molecule has 1 unspecified atom stereocenters. The number of allylic oxidation sites excluding steroid dienone is 3. The molecule has 1 aliphatic rings. The van der Waals surface area contributed by atoms with Gasteiger partial charge in [-0.05, 0) is 49.0 Å². The van der Waals surface area contributed by atoms with E-state index in [1.807, 2.05) is 0 Å². The van der Waals surface area contributed by atoms with E-state index in [-0.39, 0.29) is 29.4 Å². The zero-order valence-electron chi connectivity index (χ0n) is 22.0. The Kier molecular flexibility index (Phi) is 13.7. The summed E-state index contributed by atoms with van der Waals surface area (Å²) in [5.74, 6) is -1.59. The van der Waals surface area contributed by atoms with E-state index in [4.69, 9.17) is 16.6 Å². The Labute approximate surface area is 222 Å². The Hall–Kier alpha value is -3.81. The van der Waals surface area contributed by atoms with Gasteiger partial charge in [-0.2, -0.15) is 0 Å². The minimum absolute atomic E-state index is 0.0380. The average Bonchev–Trinajstić information content (AvgIpc) is 2.89. The van der Waals surface area contributed by atoms with Gasteiger partial charge in [0.2, 0.25) is 0 Å². The van der Waals surface area contributed by atoms with E-state index in [2.05, 4.69) is 48.9 Å². The van der Waals surface area contributed by atoms with Crippen LogP contribution in [0.4, 0.5) is 8.78 Å². The molecule has 3 rings (SSSR count). The number of rotatable bonds is 7. The minimum Gasteiger partial charge on any atom is -0.401 e. The number of halogens is 2. The van der Waals surface area contributed by atoms with Crippen LogP contribution in [0.3, 0.4) is 0 Å². The van der Waals surface area contributed by atoms with Crippen molar-refractivity contribution in [2.24, 2.45) is 17.4 Å². The van der Waals surface area contributed by atoms with Crippen LogP contribution in [0.2, 0.25) is 0 Å². The number of nitrogens with two attached hydrogens (primary N) is 2. The smallest absolute Gasteiger partial charge is 0.271 e. The zero-order chi connectivity index (χ0) is 28.8. The van der Waals surface area contributed by atoms with Crippen molar-refractivity contribution in [2.75, 3.05) is 13.2 Å². The van der Waals surface area contributed by atoms with Crippen LogP contribution in [0.5, 0.6) is 0 Å². The second kappa shape index (κ2) is 16.1. The molecule has 38 heavy (non-hydrogen) atoms. The highest BCUT2D eigenvalue weighted by Crippen LogP contribution is 2.35. The second-order valence-corrected chi connectivity index (χ2v) is 9.23. The molecule has 0 saturated heterocycles. The van der Waals surface area contributed by atoms with Gasteiger partial charge in [-0.3, -0.25) is 9.78 Å². The SMILES string of the molecule is C#C.CC(C)C.NC1=C(/C=C(\N)c2c(F)cccc2F)CCCC1c1cncc(C(=O)NC[C@@H](O)CO)n1. The van der Waals surface area contributed by atoms with Crippen molar-refractivity contribution in [2.45, 2.75) is 52.1 Å². The first-order chi connectivity index (χ1) is 18.0. The summed E-state index contributed by atoms with van der Waals surface area (Å²) in [6.45, 7) is 5.89. The first-order valence-corrected chi connectivity index (χ1v) is 12.2. The number of amides is 1. The normalized spacial score (nSPS) is 16.1. The van der Waals surface area contributed by atoms with Gasteiger partial charge in [0.1, 0.15) is 17.3 Å². The maximum Gasteiger partial charge on any atom is 0.271 e. The Bertz CT molecular complexity index is 1130. The lowest BCUT2D eigenvalue weighted by Crippen LogP contribution is -2.34. The molecule has 10 heteroatoms. The first-order valence-electron chi connectivity index (χ1n) is 12.2. The Balaban J connectivity index is 0.00000110. The molecule has 2 atom stereocenters. The molecular formula is C28H37F2N5O3. The van der Waals surface area contributed by atoms with Crippen molar-refractivity contribution in [1.29, 1.82) is 0 Å². The number of terminal acetylenes is 1. The van der Waals surface area contributed by atoms with Gasteiger partial charge in [0, 0.05) is 30.1 Å². The number of hydrogen-bond donors (Lipinski definition) is 5. The summed E-state index contributed by atoms with van der Waals surface area (Å²) in [5, 5.41) is 20.7. The van der Waals surface area contributed by atoms with Crippen molar-refractivity contribution < 1.29 is 23.8 Å². The summed E-state index contributed by atoms with van der Waals surface area (Å²) in [7, 11) is 0. The Morgan fingerprint density at radius 3 is 2.42 bits per heavy atom. The van der Waals surface area contributed by atoms with E-state index in [9.17, 15) is 18.7 Å². The van der Waals surface area contributed by atoms with Gasteiger partial charge in [-0.1, -0.05) is 26.8 Å². The van der Waals surface area contributed by atoms with Gasteiger partial charge in [0.15, 0.2) is 0 Å². The number of carbonyl (C=O) groups excluding carboxylic acids is 1. The van der Waals surface area contributed by atoms with Crippen LogP contribution in [-0.2, 0) is 0 Å². The second-order valence-electron chi connectivity index (χ2n) is 9.23. The molecule has 1 heterocycles. The third-order valence-electron chi connectivity index (χ3n) is 5.22. The Morgan fingerprint density at radius 2 is 1.84 bits per heavy atom. The summed E-state index contributed by atoms with van der Waals surface area (Å²) in [6, 6.07) is 3.52. The number of hydrogen-bond acceptors (Lipinski definition) is 7. The molecule has 1 aromatic heterocycles. The van der Waals surface area contributed by atoms with Crippen molar-refractivity contribution >= 4 is 11.6 Å². The maximum atomic E-state index is 14.1. The van der Waals surface area contributed by atoms with Gasteiger partial charge in [-0.25, -0.2) is 13.8 Å². The number of aliphatic hydroxyl groups is 2. The minimum atomic E-state index is -1.08. The number of nitrogens with zero attached hydrogens (tertiary/aromatic N) is 2. The van der Waals surface area contributed by atoms with E-state index < -0.39 is 30.3 Å². The van der Waals surface area contributed by atoms with Gasteiger partial charge in [-0.15, -0.1) is 12.8 Å². The highest BCUT2D eigenvalue weighted by Gasteiger charge is 2.25. The standard InChI is InChI=1S/C22H25F2N5O3.C4H10.C2H2/c23-15-5-2-6-16(24)20(15)17(25)7-12-3-1-4-14(21(12)26)18-9-27-10-19(29-18)22(32)28-8-13(31)11-30;1-4(2)3;1-2/h2,5-7,9-10,13-14,30-31H,1,3-4,8,11,25-26H2,(H,28,32);4H,1-3H3;1-2H/b17-7-;;/t13-,14?;;/m1../s1. The molecule has 206 valence electrons. The molecule has 0 spiro atoms. The zero-order valence-corrected chi connectivity index (χ0v) is 22.0. The molecule has 0 saturated carbocycles.